The van der Waals surface area contributed by atoms with E-state index in [9.17, 15) is 4.79 Å². The third-order valence-corrected chi connectivity index (χ3v) is 5.13. The molecule has 2 rings (SSSR count). The topological polar surface area (TPSA) is 84.4 Å². The summed E-state index contributed by atoms with van der Waals surface area (Å²) < 4.78 is 16.1. The molecule has 0 bridgehead atoms. The van der Waals surface area contributed by atoms with Gasteiger partial charge in [-0.05, 0) is 64.2 Å². The lowest BCUT2D eigenvalue weighted by Gasteiger charge is -2.32. The van der Waals surface area contributed by atoms with E-state index in [2.05, 4.69) is 23.6 Å². The van der Waals surface area contributed by atoms with Crippen molar-refractivity contribution in [1.82, 2.24) is 15.5 Å². The van der Waals surface area contributed by atoms with Gasteiger partial charge in [-0.2, -0.15) is 0 Å². The van der Waals surface area contributed by atoms with E-state index in [-0.39, 0.29) is 6.09 Å². The smallest absolute Gasteiger partial charge is 0.409 e. The van der Waals surface area contributed by atoms with Gasteiger partial charge in [0, 0.05) is 32.2 Å². The van der Waals surface area contributed by atoms with Crippen molar-refractivity contribution in [2.75, 3.05) is 46.5 Å². The van der Waals surface area contributed by atoms with Crippen molar-refractivity contribution in [1.29, 1.82) is 0 Å². The fourth-order valence-corrected chi connectivity index (χ4v) is 3.55. The molecule has 0 saturated carbocycles. The molecule has 0 radical (unpaired) electrons. The summed E-state index contributed by atoms with van der Waals surface area (Å²) in [6.45, 7) is 9.84. The number of carbonyl (C=O) groups excluding carboxylic acids is 1. The number of nitrogens with zero attached hydrogens (tertiary/aromatic N) is 2. The van der Waals surface area contributed by atoms with Crippen molar-refractivity contribution in [3.8, 4) is 11.5 Å². The second kappa shape index (κ2) is 13.6. The normalized spacial score (nSPS) is 14.8. The lowest BCUT2D eigenvalue weighted by atomic mass is 10.1. The van der Waals surface area contributed by atoms with E-state index in [1.165, 1.54) is 5.56 Å². The summed E-state index contributed by atoms with van der Waals surface area (Å²) in [5.74, 6) is 2.38. The van der Waals surface area contributed by atoms with Crippen LogP contribution >= 0.6 is 0 Å². The Kier molecular flexibility index (Phi) is 10.8. The molecule has 1 saturated heterocycles. The number of amides is 1. The number of benzene rings is 1. The van der Waals surface area contributed by atoms with Crippen molar-refractivity contribution in [2.24, 2.45) is 4.99 Å². The lowest BCUT2D eigenvalue weighted by molar-refractivity contribution is 0.0963. The van der Waals surface area contributed by atoms with Gasteiger partial charge in [0.05, 0.1) is 20.3 Å². The van der Waals surface area contributed by atoms with Crippen molar-refractivity contribution in [3.05, 3.63) is 23.8 Å². The molecular weight excluding hydrogens is 396 g/mol. The Balaban J connectivity index is 1.81. The van der Waals surface area contributed by atoms with Crippen LogP contribution in [0.3, 0.4) is 0 Å². The summed E-state index contributed by atoms with van der Waals surface area (Å²) in [5.41, 5.74) is 1.21. The van der Waals surface area contributed by atoms with Gasteiger partial charge in [0.1, 0.15) is 0 Å². The van der Waals surface area contributed by atoms with Crippen LogP contribution in [0.2, 0.25) is 0 Å². The minimum absolute atomic E-state index is 0.215. The van der Waals surface area contributed by atoms with E-state index in [1.807, 2.05) is 26.0 Å². The number of piperidine rings is 1. The minimum Gasteiger partial charge on any atom is -0.493 e. The predicted molar refractivity (Wildman–Crippen MR) is 123 cm³/mol. The van der Waals surface area contributed by atoms with Crippen LogP contribution in [0.15, 0.2) is 23.2 Å². The van der Waals surface area contributed by atoms with E-state index in [0.29, 0.717) is 32.3 Å². The number of aliphatic imine (C=N–C) groups is 1. The van der Waals surface area contributed by atoms with E-state index < -0.39 is 0 Å². The maximum atomic E-state index is 11.8. The molecule has 8 heteroatoms. The number of hydrogen-bond acceptors (Lipinski definition) is 5. The van der Waals surface area contributed by atoms with Crippen LogP contribution in [-0.2, 0) is 11.2 Å². The molecular formula is C23H38N4O4. The third-order valence-electron chi connectivity index (χ3n) is 5.13. The maximum absolute atomic E-state index is 11.8. The van der Waals surface area contributed by atoms with Crippen LogP contribution < -0.4 is 20.1 Å². The maximum Gasteiger partial charge on any atom is 0.409 e. The first kappa shape index (κ1) is 24.6. The largest absolute Gasteiger partial charge is 0.493 e. The van der Waals surface area contributed by atoms with E-state index in [4.69, 9.17) is 19.2 Å². The number of rotatable bonds is 10. The molecule has 174 valence electrons. The SMILES string of the molecule is CCNC(=NCCCc1ccc(OC)c(OCC)c1)NC1CCN(C(=O)OCC)CC1. The number of methoxy groups -OCH3 is 1. The first-order valence-electron chi connectivity index (χ1n) is 11.4. The molecule has 1 amide bonds. The molecule has 2 N–H and O–H groups in total. The quantitative estimate of drug-likeness (QED) is 0.334. The van der Waals surface area contributed by atoms with Crippen molar-refractivity contribution in [3.63, 3.8) is 0 Å². The third kappa shape index (κ3) is 8.19. The molecule has 0 aliphatic carbocycles. The average molecular weight is 435 g/mol. The van der Waals surface area contributed by atoms with Gasteiger partial charge in [-0.3, -0.25) is 4.99 Å². The molecule has 0 aromatic heterocycles. The van der Waals surface area contributed by atoms with Gasteiger partial charge in [-0.25, -0.2) is 4.79 Å². The highest BCUT2D eigenvalue weighted by Crippen LogP contribution is 2.28. The molecule has 31 heavy (non-hydrogen) atoms. The Morgan fingerprint density at radius 1 is 1.16 bits per heavy atom. The van der Waals surface area contributed by atoms with Gasteiger partial charge < -0.3 is 29.7 Å². The highest BCUT2D eigenvalue weighted by molar-refractivity contribution is 5.80. The summed E-state index contributed by atoms with van der Waals surface area (Å²) in [6.07, 6.45) is 3.41. The van der Waals surface area contributed by atoms with Crippen molar-refractivity contribution < 1.29 is 19.0 Å². The van der Waals surface area contributed by atoms with Crippen LogP contribution in [0.1, 0.15) is 45.6 Å². The first-order valence-corrected chi connectivity index (χ1v) is 11.4. The van der Waals surface area contributed by atoms with Crippen LogP contribution in [0, 0.1) is 0 Å². The molecule has 1 heterocycles. The molecule has 1 aromatic rings. The van der Waals surface area contributed by atoms with Gasteiger partial charge in [-0.15, -0.1) is 0 Å². The van der Waals surface area contributed by atoms with Crippen LogP contribution in [0.5, 0.6) is 11.5 Å². The highest BCUT2D eigenvalue weighted by atomic mass is 16.6. The monoisotopic (exact) mass is 434 g/mol. The van der Waals surface area contributed by atoms with Crippen molar-refractivity contribution >= 4 is 12.1 Å². The van der Waals surface area contributed by atoms with Gasteiger partial charge in [0.15, 0.2) is 17.5 Å². The molecule has 1 aliphatic rings. The van der Waals surface area contributed by atoms with Gasteiger partial charge in [0.25, 0.3) is 0 Å². The number of ether oxygens (including phenoxy) is 3. The number of hydrogen-bond donors (Lipinski definition) is 2. The fourth-order valence-electron chi connectivity index (χ4n) is 3.55. The van der Waals surface area contributed by atoms with Crippen molar-refractivity contribution in [2.45, 2.75) is 52.5 Å². The second-order valence-corrected chi connectivity index (χ2v) is 7.39. The number of aryl methyl sites for hydroxylation is 1. The van der Waals surface area contributed by atoms with E-state index >= 15 is 0 Å². The Hall–Kier alpha value is -2.64. The second-order valence-electron chi connectivity index (χ2n) is 7.39. The fraction of sp³-hybridized carbons (Fsp3) is 0.652. The molecule has 8 nitrogen and oxygen atoms in total. The molecule has 1 aliphatic heterocycles. The Bertz CT molecular complexity index is 703. The van der Waals surface area contributed by atoms with Gasteiger partial charge in [-0.1, -0.05) is 6.07 Å². The lowest BCUT2D eigenvalue weighted by Crippen LogP contribution is -2.49. The first-order chi connectivity index (χ1) is 15.1. The van der Waals surface area contributed by atoms with Gasteiger partial charge in [0.2, 0.25) is 0 Å². The molecule has 1 aromatic carbocycles. The Morgan fingerprint density at radius 3 is 2.58 bits per heavy atom. The summed E-state index contributed by atoms with van der Waals surface area (Å²) >= 11 is 0. The number of carbonyl (C=O) groups is 1. The summed E-state index contributed by atoms with van der Waals surface area (Å²) in [6, 6.07) is 6.38. The standard InChI is InChI=1S/C23H38N4O4/c1-5-24-22(26-19-12-15-27(16-13-19)23(28)31-7-3)25-14-8-9-18-10-11-20(29-4)21(17-18)30-6-2/h10-11,17,19H,5-9,12-16H2,1-4H3,(H2,24,25,26). The average Bonchev–Trinajstić information content (AvgIpc) is 2.78. The number of likely N-dealkylation sites (tertiary alicyclic amines) is 1. The number of nitrogens with one attached hydrogen (secondary N) is 2. The zero-order chi connectivity index (χ0) is 22.5. The highest BCUT2D eigenvalue weighted by Gasteiger charge is 2.24. The zero-order valence-corrected chi connectivity index (χ0v) is 19.4. The molecule has 0 spiro atoms. The van der Waals surface area contributed by atoms with Gasteiger partial charge >= 0.3 is 6.09 Å². The molecule has 0 atom stereocenters. The predicted octanol–water partition coefficient (Wildman–Crippen LogP) is 3.20. The molecule has 1 fully saturated rings. The Morgan fingerprint density at radius 2 is 1.94 bits per heavy atom. The van der Waals surface area contributed by atoms with E-state index in [1.54, 1.807) is 12.0 Å². The van der Waals surface area contributed by atoms with Crippen LogP contribution in [-0.4, -0.2) is 69.5 Å². The summed E-state index contributed by atoms with van der Waals surface area (Å²) in [4.78, 5) is 18.4. The van der Waals surface area contributed by atoms with Crippen LogP contribution in [0.25, 0.3) is 0 Å². The minimum atomic E-state index is -0.215. The summed E-state index contributed by atoms with van der Waals surface area (Å²) in [5, 5.41) is 6.83. The Labute approximate surface area is 186 Å². The molecule has 0 unspecified atom stereocenters. The number of guanidine groups is 1. The summed E-state index contributed by atoms with van der Waals surface area (Å²) in [7, 11) is 1.65. The van der Waals surface area contributed by atoms with Crippen LogP contribution in [0.4, 0.5) is 4.79 Å². The van der Waals surface area contributed by atoms with E-state index in [0.717, 1.165) is 56.2 Å². The zero-order valence-electron chi connectivity index (χ0n) is 19.4.